The molecule has 0 aromatic heterocycles. The van der Waals surface area contributed by atoms with Gasteiger partial charge in [0.1, 0.15) is 31.6 Å². The molecule has 1 rings (SSSR count). The molecule has 0 spiro atoms. The highest BCUT2D eigenvalue weighted by Gasteiger charge is 2.20. The number of nitrogens with zero attached hydrogens (tertiary/aromatic N) is 5. The summed E-state index contributed by atoms with van der Waals surface area (Å²) in [6, 6.07) is -0.803. The molecule has 1 aliphatic carbocycles. The Balaban J connectivity index is 2.58. The molecule has 0 aliphatic heterocycles. The number of hydrogen-bond acceptors (Lipinski definition) is 8. The lowest BCUT2D eigenvalue weighted by molar-refractivity contribution is -0.161. The average molecular weight is 481 g/mol. The standard InChI is InChI=1S/C22H36N6O6/c1-16(25-26-23)20(30)24-18-9-7-17(8-10-18)13-33-21(31)28(12-11-27(5)6)15-32-14-19(29)34-22(2,3)4/h7,9,16H,8,10-15H2,1-6H3,(H,24,30). The number of carbonyl (C=O) groups is 3. The van der Waals surface area contributed by atoms with Gasteiger partial charge in [-0.2, -0.15) is 0 Å². The number of nitrogens with one attached hydrogen (secondary N) is 1. The summed E-state index contributed by atoms with van der Waals surface area (Å²) in [5.41, 5.74) is 9.39. The minimum atomic E-state index is -0.803. The zero-order valence-corrected chi connectivity index (χ0v) is 20.9. The van der Waals surface area contributed by atoms with E-state index < -0.39 is 23.7 Å². The van der Waals surface area contributed by atoms with Crippen LogP contribution in [0.2, 0.25) is 0 Å². The van der Waals surface area contributed by atoms with Crippen LogP contribution in [-0.2, 0) is 23.8 Å². The van der Waals surface area contributed by atoms with Crippen molar-refractivity contribution in [3.8, 4) is 0 Å². The molecule has 1 atom stereocenters. The van der Waals surface area contributed by atoms with Gasteiger partial charge < -0.3 is 24.4 Å². The Hall–Kier alpha value is -3.08. The lowest BCUT2D eigenvalue weighted by Gasteiger charge is -2.25. The Morgan fingerprint density at radius 1 is 1.21 bits per heavy atom. The third kappa shape index (κ3) is 12.2. The number of allylic oxidation sites excluding steroid dienone is 3. The molecule has 1 N–H and O–H groups in total. The second kappa shape index (κ2) is 14.2. The van der Waals surface area contributed by atoms with Crippen LogP contribution in [0, 0.1) is 0 Å². The van der Waals surface area contributed by atoms with E-state index in [1.54, 1.807) is 32.9 Å². The summed E-state index contributed by atoms with van der Waals surface area (Å²) in [7, 11) is 3.77. The normalized spacial score (nSPS) is 14.3. The van der Waals surface area contributed by atoms with E-state index in [1.165, 1.54) is 11.8 Å². The number of rotatable bonds is 12. The van der Waals surface area contributed by atoms with Crippen molar-refractivity contribution in [2.75, 3.05) is 47.1 Å². The fourth-order valence-electron chi connectivity index (χ4n) is 2.68. The second-order valence-electron chi connectivity index (χ2n) is 9.07. The Kier molecular flexibility index (Phi) is 12.1. The van der Waals surface area contributed by atoms with Gasteiger partial charge in [-0.25, -0.2) is 9.59 Å². The van der Waals surface area contributed by atoms with Crippen LogP contribution in [0.3, 0.4) is 0 Å². The van der Waals surface area contributed by atoms with Crippen molar-refractivity contribution in [2.45, 2.75) is 52.2 Å². The predicted molar refractivity (Wildman–Crippen MR) is 125 cm³/mol. The van der Waals surface area contributed by atoms with E-state index >= 15 is 0 Å². The third-order valence-electron chi connectivity index (χ3n) is 4.47. The molecule has 12 nitrogen and oxygen atoms in total. The first-order valence-electron chi connectivity index (χ1n) is 11.0. The van der Waals surface area contributed by atoms with Crippen molar-refractivity contribution in [1.29, 1.82) is 0 Å². The van der Waals surface area contributed by atoms with Gasteiger partial charge in [-0.05, 0) is 71.8 Å². The maximum atomic E-state index is 12.6. The van der Waals surface area contributed by atoms with Crippen molar-refractivity contribution in [3.05, 3.63) is 33.9 Å². The smallest absolute Gasteiger partial charge is 0.411 e. The number of ether oxygens (including phenoxy) is 3. The predicted octanol–water partition coefficient (Wildman–Crippen LogP) is 2.72. The van der Waals surface area contributed by atoms with Crippen LogP contribution >= 0.6 is 0 Å². The highest BCUT2D eigenvalue weighted by molar-refractivity contribution is 5.83. The summed E-state index contributed by atoms with van der Waals surface area (Å²) in [6.45, 7) is 7.47. The first-order valence-corrected chi connectivity index (χ1v) is 11.0. The number of likely N-dealkylation sites (N-methyl/N-ethyl adjacent to an activating group) is 1. The maximum Gasteiger partial charge on any atom is 0.411 e. The summed E-state index contributed by atoms with van der Waals surface area (Å²) in [5.74, 6) is -0.889. The molecule has 0 saturated heterocycles. The molecule has 0 radical (unpaired) electrons. The zero-order valence-electron chi connectivity index (χ0n) is 20.9. The van der Waals surface area contributed by atoms with Crippen molar-refractivity contribution < 1.29 is 28.6 Å². The highest BCUT2D eigenvalue weighted by Crippen LogP contribution is 2.17. The van der Waals surface area contributed by atoms with E-state index in [1.807, 2.05) is 19.0 Å². The van der Waals surface area contributed by atoms with Gasteiger partial charge in [0.05, 0.1) is 0 Å². The van der Waals surface area contributed by atoms with Gasteiger partial charge in [0, 0.05) is 23.7 Å². The summed E-state index contributed by atoms with van der Waals surface area (Å²) in [5, 5.41) is 6.09. The molecule has 0 aromatic carbocycles. The van der Waals surface area contributed by atoms with Gasteiger partial charge in [0.25, 0.3) is 0 Å². The highest BCUT2D eigenvalue weighted by atomic mass is 16.6. The van der Waals surface area contributed by atoms with Crippen LogP contribution in [0.25, 0.3) is 10.4 Å². The molecule has 34 heavy (non-hydrogen) atoms. The summed E-state index contributed by atoms with van der Waals surface area (Å²) >= 11 is 0. The van der Waals surface area contributed by atoms with Crippen LogP contribution < -0.4 is 5.32 Å². The number of esters is 1. The molecule has 2 amide bonds. The first kappa shape index (κ1) is 29.0. The molecule has 190 valence electrons. The summed E-state index contributed by atoms with van der Waals surface area (Å²) < 4.78 is 16.0. The molecule has 1 aliphatic rings. The largest absolute Gasteiger partial charge is 0.458 e. The monoisotopic (exact) mass is 480 g/mol. The molecule has 0 aromatic rings. The van der Waals surface area contributed by atoms with Crippen LogP contribution in [0.15, 0.2) is 28.5 Å². The Morgan fingerprint density at radius 3 is 2.47 bits per heavy atom. The van der Waals surface area contributed by atoms with Crippen molar-refractivity contribution in [3.63, 3.8) is 0 Å². The van der Waals surface area contributed by atoms with Gasteiger partial charge in [0.15, 0.2) is 0 Å². The third-order valence-corrected chi connectivity index (χ3v) is 4.47. The van der Waals surface area contributed by atoms with E-state index in [0.717, 1.165) is 5.57 Å². The fraction of sp³-hybridized carbons (Fsp3) is 0.682. The molecule has 0 heterocycles. The molecular formula is C22H36N6O6. The summed E-state index contributed by atoms with van der Waals surface area (Å²) in [4.78, 5) is 42.3. The van der Waals surface area contributed by atoms with Crippen molar-refractivity contribution in [2.24, 2.45) is 5.11 Å². The first-order chi connectivity index (χ1) is 15.9. The zero-order chi connectivity index (χ0) is 25.7. The second-order valence-corrected chi connectivity index (χ2v) is 9.07. The van der Waals surface area contributed by atoms with Gasteiger partial charge >= 0.3 is 12.1 Å². The van der Waals surface area contributed by atoms with E-state index in [9.17, 15) is 14.4 Å². The van der Waals surface area contributed by atoms with Gasteiger partial charge in [-0.1, -0.05) is 11.2 Å². The summed E-state index contributed by atoms with van der Waals surface area (Å²) in [6.07, 6.45) is 4.12. The maximum absolute atomic E-state index is 12.6. The number of carbonyl (C=O) groups excluding carboxylic acids is 3. The van der Waals surface area contributed by atoms with E-state index in [0.29, 0.717) is 31.6 Å². The van der Waals surface area contributed by atoms with E-state index in [2.05, 4.69) is 15.3 Å². The minimum Gasteiger partial charge on any atom is -0.458 e. The van der Waals surface area contributed by atoms with Gasteiger partial charge in [0.2, 0.25) is 5.91 Å². The quantitative estimate of drug-likeness (QED) is 0.148. The topological polar surface area (TPSA) is 146 Å². The van der Waals surface area contributed by atoms with Crippen LogP contribution in [-0.4, -0.2) is 86.5 Å². The Bertz CT molecular complexity index is 826. The molecular weight excluding hydrogens is 444 g/mol. The van der Waals surface area contributed by atoms with Crippen LogP contribution in [0.4, 0.5) is 4.79 Å². The van der Waals surface area contributed by atoms with E-state index in [4.69, 9.17) is 19.7 Å². The molecule has 0 fully saturated rings. The lowest BCUT2D eigenvalue weighted by atomic mass is 10.0. The number of azide groups is 1. The van der Waals surface area contributed by atoms with Gasteiger partial charge in [-0.3, -0.25) is 9.69 Å². The number of hydrogen-bond donors (Lipinski definition) is 1. The molecule has 0 bridgehead atoms. The molecule has 1 unspecified atom stereocenters. The Labute approximate surface area is 200 Å². The van der Waals surface area contributed by atoms with Crippen molar-refractivity contribution >= 4 is 18.0 Å². The minimum absolute atomic E-state index is 0.0935. The van der Waals surface area contributed by atoms with Crippen LogP contribution in [0.5, 0.6) is 0 Å². The SMILES string of the molecule is CC(N=[N+]=[N-])C(=O)NC1=CC=C(COC(=O)N(CCN(C)C)COCC(=O)OC(C)(C)C)CC1. The molecule has 12 heteroatoms. The van der Waals surface area contributed by atoms with Crippen molar-refractivity contribution in [1.82, 2.24) is 15.1 Å². The molecule has 0 saturated carbocycles. The van der Waals surface area contributed by atoms with E-state index in [-0.39, 0.29) is 25.9 Å². The van der Waals surface area contributed by atoms with Gasteiger partial charge in [-0.15, -0.1) is 0 Å². The van der Waals surface area contributed by atoms with Crippen LogP contribution in [0.1, 0.15) is 40.5 Å². The Morgan fingerprint density at radius 2 is 1.91 bits per heavy atom. The number of amides is 2. The average Bonchev–Trinajstić information content (AvgIpc) is 2.74. The fourth-order valence-corrected chi connectivity index (χ4v) is 2.68. The lowest BCUT2D eigenvalue weighted by Crippen LogP contribution is -2.39.